The number of nitrogens with zero attached hydrogens (tertiary/aromatic N) is 3. The zero-order valence-electron chi connectivity index (χ0n) is 15.6. The summed E-state index contributed by atoms with van der Waals surface area (Å²) in [4.78, 5) is 24.3. The lowest BCUT2D eigenvalue weighted by Crippen LogP contribution is -2.46. The predicted octanol–water partition coefficient (Wildman–Crippen LogP) is 2.69. The molecule has 1 amide bonds. The summed E-state index contributed by atoms with van der Waals surface area (Å²) in [7, 11) is 1.70. The average molecular weight is 479 g/mol. The second-order valence-corrected chi connectivity index (χ2v) is 7.51. The van der Waals surface area contributed by atoms with Crippen LogP contribution in [-0.4, -0.2) is 48.4 Å². The van der Waals surface area contributed by atoms with E-state index in [-0.39, 0.29) is 29.9 Å². The molecule has 0 aromatic carbocycles. The summed E-state index contributed by atoms with van der Waals surface area (Å²) in [5.74, 6) is 1.60. The van der Waals surface area contributed by atoms with Gasteiger partial charge in [0.25, 0.3) is 0 Å². The zero-order chi connectivity index (χ0) is 17.5. The number of rotatable bonds is 5. The molecule has 1 fully saturated rings. The van der Waals surface area contributed by atoms with Gasteiger partial charge in [0.1, 0.15) is 0 Å². The number of carbonyl (C=O) groups excluding carboxylic acids is 1. The van der Waals surface area contributed by atoms with E-state index in [1.807, 2.05) is 13.8 Å². The van der Waals surface area contributed by atoms with Gasteiger partial charge in [0.15, 0.2) is 5.96 Å². The molecule has 1 saturated heterocycles. The molecule has 2 heterocycles. The molecule has 0 saturated carbocycles. The van der Waals surface area contributed by atoms with E-state index in [0.29, 0.717) is 18.9 Å². The lowest BCUT2D eigenvalue weighted by molar-refractivity contribution is -0.121. The Morgan fingerprint density at radius 2 is 2.04 bits per heavy atom. The molecular formula is C17H30IN5OS. The second kappa shape index (κ2) is 10.9. The molecule has 0 radical (unpaired) electrons. The highest BCUT2D eigenvalue weighted by atomic mass is 127. The lowest BCUT2D eigenvalue weighted by atomic mass is 9.93. The van der Waals surface area contributed by atoms with Gasteiger partial charge in [0.2, 0.25) is 5.91 Å². The first-order valence-corrected chi connectivity index (χ1v) is 9.51. The first-order chi connectivity index (χ1) is 11.5. The van der Waals surface area contributed by atoms with Crippen LogP contribution in [-0.2, 0) is 11.3 Å². The summed E-state index contributed by atoms with van der Waals surface area (Å²) < 4.78 is 0. The van der Waals surface area contributed by atoms with Gasteiger partial charge in [-0.15, -0.1) is 35.3 Å². The molecule has 0 aliphatic carbocycles. The van der Waals surface area contributed by atoms with Crippen LogP contribution in [0.2, 0.25) is 0 Å². The van der Waals surface area contributed by atoms with Crippen molar-refractivity contribution in [3.05, 3.63) is 15.6 Å². The fourth-order valence-electron chi connectivity index (χ4n) is 3.01. The van der Waals surface area contributed by atoms with Crippen molar-refractivity contribution in [2.24, 2.45) is 10.9 Å². The Bertz CT molecular complexity index is 582. The number of hydrogen-bond donors (Lipinski definition) is 2. The number of piperidine rings is 1. The fourth-order valence-corrected chi connectivity index (χ4v) is 3.87. The number of guanidine groups is 1. The molecule has 1 aromatic rings. The van der Waals surface area contributed by atoms with Crippen molar-refractivity contribution >= 4 is 47.2 Å². The Morgan fingerprint density at radius 1 is 1.36 bits per heavy atom. The van der Waals surface area contributed by atoms with E-state index in [9.17, 15) is 4.79 Å². The van der Waals surface area contributed by atoms with Crippen molar-refractivity contribution < 1.29 is 4.79 Å². The van der Waals surface area contributed by atoms with Gasteiger partial charge >= 0.3 is 0 Å². The first-order valence-electron chi connectivity index (χ1n) is 8.70. The van der Waals surface area contributed by atoms with Crippen molar-refractivity contribution in [2.45, 2.75) is 46.6 Å². The summed E-state index contributed by atoms with van der Waals surface area (Å²) in [5, 5.41) is 7.21. The van der Waals surface area contributed by atoms with Crippen molar-refractivity contribution in [1.82, 2.24) is 20.5 Å². The lowest BCUT2D eigenvalue weighted by Gasteiger charge is -2.34. The van der Waals surface area contributed by atoms with E-state index in [2.05, 4.69) is 27.4 Å². The summed E-state index contributed by atoms with van der Waals surface area (Å²) in [5.41, 5.74) is 1.08. The van der Waals surface area contributed by atoms with Crippen LogP contribution in [0.25, 0.3) is 0 Å². The van der Waals surface area contributed by atoms with E-state index >= 15 is 0 Å². The van der Waals surface area contributed by atoms with Crippen LogP contribution in [0.5, 0.6) is 0 Å². The predicted molar refractivity (Wildman–Crippen MR) is 115 cm³/mol. The number of thiazole rings is 1. The van der Waals surface area contributed by atoms with Crippen molar-refractivity contribution in [3.63, 3.8) is 0 Å². The molecule has 1 aliphatic rings. The molecule has 1 aliphatic heterocycles. The molecule has 0 bridgehead atoms. The quantitative estimate of drug-likeness (QED) is 0.387. The van der Waals surface area contributed by atoms with Gasteiger partial charge in [-0.05, 0) is 39.5 Å². The molecule has 2 N–H and O–H groups in total. The van der Waals surface area contributed by atoms with Gasteiger partial charge in [0.05, 0.1) is 17.2 Å². The van der Waals surface area contributed by atoms with Crippen LogP contribution in [0.4, 0.5) is 0 Å². The molecule has 2 rings (SSSR count). The number of halogens is 1. The number of carbonyl (C=O) groups is 1. The Morgan fingerprint density at radius 3 is 2.56 bits per heavy atom. The number of likely N-dealkylation sites (tertiary alicyclic amines) is 1. The van der Waals surface area contributed by atoms with E-state index in [1.165, 1.54) is 4.88 Å². The van der Waals surface area contributed by atoms with E-state index in [1.54, 1.807) is 18.4 Å². The van der Waals surface area contributed by atoms with Gasteiger partial charge in [-0.1, -0.05) is 0 Å². The van der Waals surface area contributed by atoms with Crippen LogP contribution in [0.15, 0.2) is 4.99 Å². The van der Waals surface area contributed by atoms with Gasteiger partial charge in [-0.25, -0.2) is 9.98 Å². The molecule has 25 heavy (non-hydrogen) atoms. The maximum atomic E-state index is 11.5. The molecule has 142 valence electrons. The highest BCUT2D eigenvalue weighted by Crippen LogP contribution is 2.21. The molecule has 0 atom stereocenters. The Balaban J connectivity index is 0.00000312. The number of aliphatic imine (C=N–C) groups is 1. The zero-order valence-corrected chi connectivity index (χ0v) is 18.7. The highest BCUT2D eigenvalue weighted by molar-refractivity contribution is 14.0. The molecule has 0 unspecified atom stereocenters. The van der Waals surface area contributed by atoms with Crippen molar-refractivity contribution in [1.29, 1.82) is 0 Å². The SMILES string of the molecule is CCNC(=NCc1sc(C)nc1C)N1CCC(CC(=O)NC)CC1.I. The Hall–Kier alpha value is -0.900. The number of nitrogens with one attached hydrogen (secondary N) is 2. The summed E-state index contributed by atoms with van der Waals surface area (Å²) in [6, 6.07) is 0. The molecule has 1 aromatic heterocycles. The summed E-state index contributed by atoms with van der Waals surface area (Å²) >= 11 is 1.72. The minimum atomic E-state index is 0. The Kier molecular flexibility index (Phi) is 9.70. The van der Waals surface area contributed by atoms with Crippen LogP contribution in [0.3, 0.4) is 0 Å². The number of amides is 1. The third-order valence-electron chi connectivity index (χ3n) is 4.37. The maximum absolute atomic E-state index is 11.5. The van der Waals surface area contributed by atoms with E-state index in [4.69, 9.17) is 4.99 Å². The van der Waals surface area contributed by atoms with Gasteiger partial charge < -0.3 is 15.5 Å². The normalized spacial score (nSPS) is 15.7. The maximum Gasteiger partial charge on any atom is 0.220 e. The van der Waals surface area contributed by atoms with Crippen LogP contribution < -0.4 is 10.6 Å². The standard InChI is InChI=1S/C17H29N5OS.HI/c1-5-19-17(20-11-15-12(2)21-13(3)24-15)22-8-6-14(7-9-22)10-16(23)18-4;/h14H,5-11H2,1-4H3,(H,18,23)(H,19,20);1H. The summed E-state index contributed by atoms with van der Waals surface area (Å²) in [6.45, 7) is 9.62. The number of aryl methyl sites for hydroxylation is 2. The molecule has 8 heteroatoms. The minimum Gasteiger partial charge on any atom is -0.359 e. The Labute approximate surface area is 171 Å². The monoisotopic (exact) mass is 479 g/mol. The second-order valence-electron chi connectivity index (χ2n) is 6.22. The van der Waals surface area contributed by atoms with Gasteiger partial charge in [0, 0.05) is 38.0 Å². The van der Waals surface area contributed by atoms with Crippen LogP contribution >= 0.6 is 35.3 Å². The van der Waals surface area contributed by atoms with E-state index in [0.717, 1.165) is 49.1 Å². The van der Waals surface area contributed by atoms with Gasteiger partial charge in [-0.2, -0.15) is 0 Å². The van der Waals surface area contributed by atoms with Crippen molar-refractivity contribution in [2.75, 3.05) is 26.7 Å². The van der Waals surface area contributed by atoms with Crippen LogP contribution in [0, 0.1) is 19.8 Å². The molecular weight excluding hydrogens is 449 g/mol. The smallest absolute Gasteiger partial charge is 0.220 e. The average Bonchev–Trinajstić information content (AvgIpc) is 2.89. The number of hydrogen-bond acceptors (Lipinski definition) is 4. The van der Waals surface area contributed by atoms with E-state index < -0.39 is 0 Å². The third kappa shape index (κ3) is 6.73. The summed E-state index contributed by atoms with van der Waals surface area (Å²) in [6.07, 6.45) is 2.71. The minimum absolute atomic E-state index is 0. The largest absolute Gasteiger partial charge is 0.359 e. The molecule has 0 spiro atoms. The first kappa shape index (κ1) is 22.1. The molecule has 6 nitrogen and oxygen atoms in total. The topological polar surface area (TPSA) is 69.6 Å². The van der Waals surface area contributed by atoms with Crippen LogP contribution in [0.1, 0.15) is 41.8 Å². The highest BCUT2D eigenvalue weighted by Gasteiger charge is 2.23. The fraction of sp³-hybridized carbons (Fsp3) is 0.706. The van der Waals surface area contributed by atoms with Gasteiger partial charge in [-0.3, -0.25) is 4.79 Å². The van der Waals surface area contributed by atoms with Crippen molar-refractivity contribution in [3.8, 4) is 0 Å². The number of aromatic nitrogens is 1. The third-order valence-corrected chi connectivity index (χ3v) is 5.43.